The van der Waals surface area contributed by atoms with Gasteiger partial charge in [0.1, 0.15) is 0 Å². The number of pyridine rings is 1. The predicted octanol–water partition coefficient (Wildman–Crippen LogP) is 6.86. The van der Waals surface area contributed by atoms with Gasteiger partial charge < -0.3 is 15.0 Å². The number of H-pyrrole nitrogens is 1. The van der Waals surface area contributed by atoms with Crippen molar-refractivity contribution in [1.29, 1.82) is 0 Å². The van der Waals surface area contributed by atoms with Gasteiger partial charge in [-0.05, 0) is 114 Å². The molecule has 6 heterocycles. The van der Waals surface area contributed by atoms with Gasteiger partial charge >= 0.3 is 0 Å². The third-order valence-electron chi connectivity index (χ3n) is 11.2. The molecule has 2 N–H and O–H groups in total. The number of para-hydroxylation sites is 1. The van der Waals surface area contributed by atoms with Crippen LogP contribution in [0.1, 0.15) is 69.9 Å². The molecule has 6 atom stereocenters. The summed E-state index contributed by atoms with van der Waals surface area (Å²) in [6, 6.07) is 11.3. The average molecular weight is 549 g/mol. The van der Waals surface area contributed by atoms with E-state index in [1.807, 2.05) is 6.20 Å². The number of hydrogen-bond acceptors (Lipinski definition) is 4. The SMILES string of the molecule is O[C@]12C=C(c3nccc4c3[nH]c3ccccc34)[C@@H]3CCN(CCCC/C=C\CC1)C[C@@]31C[C@H]3/C=C\CCCCN3C12. The van der Waals surface area contributed by atoms with Gasteiger partial charge in [-0.25, -0.2) is 0 Å². The van der Waals surface area contributed by atoms with Crippen LogP contribution in [0.4, 0.5) is 0 Å². The lowest BCUT2D eigenvalue weighted by atomic mass is 9.54. The first kappa shape index (κ1) is 25.9. The lowest BCUT2D eigenvalue weighted by Crippen LogP contribution is -2.65. The minimum atomic E-state index is -0.898. The molecule has 2 aromatic heterocycles. The second-order valence-electron chi connectivity index (χ2n) is 13.5. The van der Waals surface area contributed by atoms with E-state index in [9.17, 15) is 5.11 Å². The Labute approximate surface area is 244 Å². The minimum Gasteiger partial charge on any atom is -0.384 e. The summed E-state index contributed by atoms with van der Waals surface area (Å²) in [5.74, 6) is 0.385. The van der Waals surface area contributed by atoms with Crippen LogP contribution in [0.3, 0.4) is 0 Å². The molecule has 214 valence electrons. The Morgan fingerprint density at radius 1 is 0.902 bits per heavy atom. The molecule has 8 rings (SSSR count). The van der Waals surface area contributed by atoms with Crippen LogP contribution in [0.25, 0.3) is 27.4 Å². The second kappa shape index (κ2) is 10.2. The van der Waals surface area contributed by atoms with Crippen LogP contribution in [0.15, 0.2) is 66.9 Å². The topological polar surface area (TPSA) is 55.4 Å². The third kappa shape index (κ3) is 4.18. The molecule has 1 aromatic carbocycles. The highest BCUT2D eigenvalue weighted by Gasteiger charge is 2.65. The predicted molar refractivity (Wildman–Crippen MR) is 168 cm³/mol. The first-order valence-electron chi connectivity index (χ1n) is 16.3. The van der Waals surface area contributed by atoms with Crippen molar-refractivity contribution in [3.63, 3.8) is 0 Å². The van der Waals surface area contributed by atoms with Crippen molar-refractivity contribution < 1.29 is 5.11 Å². The van der Waals surface area contributed by atoms with Crippen molar-refractivity contribution in [2.24, 2.45) is 11.3 Å². The highest BCUT2D eigenvalue weighted by Crippen LogP contribution is 2.61. The quantitative estimate of drug-likeness (QED) is 0.326. The Balaban J connectivity index is 1.35. The smallest absolute Gasteiger partial charge is 0.0998 e. The highest BCUT2D eigenvalue weighted by molar-refractivity contribution is 6.09. The Hall–Kier alpha value is -2.73. The fourth-order valence-corrected chi connectivity index (χ4v) is 9.59. The number of fused-ring (bicyclic) bond motifs is 5. The van der Waals surface area contributed by atoms with Gasteiger partial charge in [-0.3, -0.25) is 9.88 Å². The maximum Gasteiger partial charge on any atom is 0.0998 e. The summed E-state index contributed by atoms with van der Waals surface area (Å²) in [5.41, 5.74) is 3.74. The number of rotatable bonds is 1. The number of nitrogens with zero attached hydrogens (tertiary/aromatic N) is 3. The monoisotopic (exact) mass is 548 g/mol. The van der Waals surface area contributed by atoms with E-state index in [0.29, 0.717) is 12.0 Å². The van der Waals surface area contributed by atoms with E-state index in [-0.39, 0.29) is 11.5 Å². The molecule has 2 fully saturated rings. The number of hydrogen-bond donors (Lipinski definition) is 2. The number of piperidine rings is 1. The van der Waals surface area contributed by atoms with Crippen LogP contribution in [0, 0.1) is 11.3 Å². The molecular formula is C36H44N4O. The lowest BCUT2D eigenvalue weighted by Gasteiger charge is -2.58. The number of benzene rings is 1. The maximum atomic E-state index is 13.1. The van der Waals surface area contributed by atoms with Gasteiger partial charge in [-0.1, -0.05) is 42.5 Å². The molecule has 5 aliphatic rings. The lowest BCUT2D eigenvalue weighted by molar-refractivity contribution is -0.0894. The van der Waals surface area contributed by atoms with Gasteiger partial charge in [0.2, 0.25) is 0 Å². The zero-order valence-corrected chi connectivity index (χ0v) is 24.3. The molecular weight excluding hydrogens is 504 g/mol. The van der Waals surface area contributed by atoms with Crippen molar-refractivity contribution in [2.45, 2.75) is 81.9 Å². The second-order valence-corrected chi connectivity index (χ2v) is 13.5. The molecule has 4 aliphatic heterocycles. The van der Waals surface area contributed by atoms with Crippen molar-refractivity contribution in [3.05, 3.63) is 72.6 Å². The Morgan fingerprint density at radius 2 is 1.76 bits per heavy atom. The molecule has 3 bridgehead atoms. The summed E-state index contributed by atoms with van der Waals surface area (Å²) >= 11 is 0. The summed E-state index contributed by atoms with van der Waals surface area (Å²) in [4.78, 5) is 14.4. The Bertz CT molecular complexity index is 1530. The standard InChI is InChI=1S/C36H44N4O/c41-36-18-10-4-1-2-5-11-20-39-22-17-30(35(25-39)23-26-13-7-3-6-12-21-40(26)34(35)36)29(24-36)32-33-28(16-19-37-32)27-14-8-9-15-31(27)38-33/h1,4,7-9,13-16,19,24,26,30,34,38,41H,2-3,5-6,10-12,17-18,20-23,25H2/b4-1-,13-7-/t26-,30+,34?,35+,36+/m1/s1. The number of nitrogens with one attached hydrogen (secondary N) is 1. The molecule has 0 radical (unpaired) electrons. The van der Waals surface area contributed by atoms with Crippen LogP contribution in [0.5, 0.6) is 0 Å². The maximum absolute atomic E-state index is 13.1. The molecule has 2 unspecified atom stereocenters. The summed E-state index contributed by atoms with van der Waals surface area (Å²) in [7, 11) is 0. The Morgan fingerprint density at radius 3 is 2.71 bits per heavy atom. The molecule has 1 spiro atoms. The van der Waals surface area contributed by atoms with Crippen molar-refractivity contribution in [3.8, 4) is 0 Å². The van der Waals surface area contributed by atoms with E-state index in [1.54, 1.807) is 0 Å². The number of aliphatic hydroxyl groups is 1. The summed E-state index contributed by atoms with van der Waals surface area (Å²) < 4.78 is 0. The average Bonchev–Trinajstić information content (AvgIpc) is 3.49. The van der Waals surface area contributed by atoms with E-state index in [4.69, 9.17) is 4.98 Å². The summed E-state index contributed by atoms with van der Waals surface area (Å²) in [6.07, 6.45) is 25.2. The molecule has 0 saturated carbocycles. The fraction of sp³-hybridized carbons (Fsp3) is 0.528. The fourth-order valence-electron chi connectivity index (χ4n) is 9.59. The van der Waals surface area contributed by atoms with Gasteiger partial charge in [-0.15, -0.1) is 0 Å². The van der Waals surface area contributed by atoms with Crippen LogP contribution >= 0.6 is 0 Å². The van der Waals surface area contributed by atoms with E-state index in [1.165, 1.54) is 55.0 Å². The van der Waals surface area contributed by atoms with Crippen LogP contribution in [0.2, 0.25) is 0 Å². The van der Waals surface area contributed by atoms with Gasteiger partial charge in [0.25, 0.3) is 0 Å². The molecule has 3 aromatic rings. The van der Waals surface area contributed by atoms with Crippen LogP contribution in [-0.4, -0.2) is 68.7 Å². The van der Waals surface area contributed by atoms with Crippen molar-refractivity contribution >= 4 is 27.4 Å². The van der Waals surface area contributed by atoms with Gasteiger partial charge in [-0.2, -0.15) is 0 Å². The van der Waals surface area contributed by atoms with Crippen molar-refractivity contribution in [1.82, 2.24) is 19.8 Å². The molecule has 1 aliphatic carbocycles. The largest absolute Gasteiger partial charge is 0.384 e. The number of aromatic nitrogens is 2. The number of aromatic amines is 1. The van der Waals surface area contributed by atoms with E-state index < -0.39 is 5.60 Å². The zero-order chi connectivity index (χ0) is 27.4. The highest BCUT2D eigenvalue weighted by atomic mass is 16.3. The van der Waals surface area contributed by atoms with Gasteiger partial charge in [0, 0.05) is 40.5 Å². The van der Waals surface area contributed by atoms with Crippen molar-refractivity contribution in [2.75, 3.05) is 26.2 Å². The van der Waals surface area contributed by atoms with E-state index >= 15 is 0 Å². The minimum absolute atomic E-state index is 0.00403. The third-order valence-corrected chi connectivity index (χ3v) is 11.2. The first-order chi connectivity index (χ1) is 20.2. The molecule has 41 heavy (non-hydrogen) atoms. The zero-order valence-electron chi connectivity index (χ0n) is 24.3. The number of allylic oxidation sites excluding steroid dienone is 4. The van der Waals surface area contributed by atoms with Crippen LogP contribution in [-0.2, 0) is 0 Å². The van der Waals surface area contributed by atoms with Gasteiger partial charge in [0.15, 0.2) is 0 Å². The normalized spacial score (nSPS) is 37.6. The Kier molecular flexibility index (Phi) is 6.46. The van der Waals surface area contributed by atoms with E-state index in [0.717, 1.165) is 68.5 Å². The molecule has 5 nitrogen and oxygen atoms in total. The van der Waals surface area contributed by atoms with E-state index in [2.05, 4.69) is 75.5 Å². The van der Waals surface area contributed by atoms with Gasteiger partial charge in [0.05, 0.1) is 22.9 Å². The van der Waals surface area contributed by atoms with Crippen LogP contribution < -0.4 is 0 Å². The molecule has 2 saturated heterocycles. The first-order valence-corrected chi connectivity index (χ1v) is 16.3. The summed E-state index contributed by atoms with van der Waals surface area (Å²) in [5, 5.41) is 15.5. The summed E-state index contributed by atoms with van der Waals surface area (Å²) in [6.45, 7) is 4.47. The molecule has 0 amide bonds. The molecule has 5 heteroatoms.